The lowest BCUT2D eigenvalue weighted by molar-refractivity contribution is -0.116. The number of ether oxygens (including phenoxy) is 1. The second-order valence-electron chi connectivity index (χ2n) is 6.53. The van der Waals surface area contributed by atoms with Gasteiger partial charge in [-0.05, 0) is 42.0 Å². The summed E-state index contributed by atoms with van der Waals surface area (Å²) < 4.78 is 5.20. The molecule has 0 radical (unpaired) electrons. The summed E-state index contributed by atoms with van der Waals surface area (Å²) in [5.74, 6) is -0.326. The van der Waals surface area contributed by atoms with E-state index in [9.17, 15) is 9.59 Å². The van der Waals surface area contributed by atoms with Gasteiger partial charge in [0.2, 0.25) is 5.91 Å². The van der Waals surface area contributed by atoms with Crippen molar-refractivity contribution in [2.24, 2.45) is 10.2 Å². The standard InChI is InChI=1S/C23H22N4O3/c1-27(23(29)30-17-18-8-4-2-5-9-18)16-22(28)24-19-12-14-21(15-13-19)26-25-20-10-6-3-7-11-20/h2-15H,16-17H2,1H3,(H,24,28). The number of carbonyl (C=O) groups is 2. The molecule has 0 atom stereocenters. The summed E-state index contributed by atoms with van der Waals surface area (Å²) in [6, 6.07) is 25.7. The summed E-state index contributed by atoms with van der Waals surface area (Å²) in [7, 11) is 1.51. The Labute approximate surface area is 175 Å². The molecule has 3 rings (SSSR count). The summed E-state index contributed by atoms with van der Waals surface area (Å²) in [6.07, 6.45) is -0.564. The molecular formula is C23H22N4O3. The third kappa shape index (κ3) is 6.56. The van der Waals surface area contributed by atoms with Crippen molar-refractivity contribution in [1.82, 2.24) is 4.90 Å². The molecule has 3 aromatic carbocycles. The molecule has 30 heavy (non-hydrogen) atoms. The molecule has 0 spiro atoms. The highest BCUT2D eigenvalue weighted by atomic mass is 16.6. The van der Waals surface area contributed by atoms with Gasteiger partial charge >= 0.3 is 6.09 Å². The van der Waals surface area contributed by atoms with Gasteiger partial charge < -0.3 is 15.0 Å². The van der Waals surface area contributed by atoms with Crippen molar-refractivity contribution in [3.05, 3.63) is 90.5 Å². The highest BCUT2D eigenvalue weighted by Gasteiger charge is 2.14. The fourth-order valence-corrected chi connectivity index (χ4v) is 2.53. The van der Waals surface area contributed by atoms with E-state index in [1.165, 1.54) is 11.9 Å². The van der Waals surface area contributed by atoms with Crippen LogP contribution in [-0.2, 0) is 16.1 Å². The lowest BCUT2D eigenvalue weighted by Gasteiger charge is -2.16. The number of rotatable bonds is 7. The average molecular weight is 402 g/mol. The molecule has 0 unspecified atom stereocenters. The first-order valence-corrected chi connectivity index (χ1v) is 9.39. The maximum absolute atomic E-state index is 12.2. The van der Waals surface area contributed by atoms with Crippen LogP contribution in [0.1, 0.15) is 5.56 Å². The van der Waals surface area contributed by atoms with E-state index in [2.05, 4.69) is 15.5 Å². The number of azo groups is 1. The molecule has 7 heteroatoms. The Balaban J connectivity index is 1.45. The number of hydrogen-bond acceptors (Lipinski definition) is 5. The average Bonchev–Trinajstić information content (AvgIpc) is 2.78. The zero-order valence-electron chi connectivity index (χ0n) is 16.6. The van der Waals surface area contributed by atoms with Gasteiger partial charge in [0.25, 0.3) is 0 Å². The molecule has 0 bridgehead atoms. The van der Waals surface area contributed by atoms with Crippen LogP contribution in [0.25, 0.3) is 0 Å². The molecule has 2 amide bonds. The molecule has 0 saturated carbocycles. The molecule has 0 fully saturated rings. The minimum atomic E-state index is -0.564. The number of amides is 2. The van der Waals surface area contributed by atoms with Crippen molar-refractivity contribution >= 4 is 29.1 Å². The van der Waals surface area contributed by atoms with E-state index in [0.29, 0.717) is 11.4 Å². The van der Waals surface area contributed by atoms with E-state index < -0.39 is 6.09 Å². The summed E-state index contributed by atoms with van der Waals surface area (Å²) in [6.45, 7) is 0.0354. The fraction of sp³-hybridized carbons (Fsp3) is 0.130. The molecule has 0 aliphatic rings. The van der Waals surface area contributed by atoms with Gasteiger partial charge in [-0.1, -0.05) is 48.5 Å². The van der Waals surface area contributed by atoms with Crippen LogP contribution >= 0.6 is 0 Å². The van der Waals surface area contributed by atoms with Gasteiger partial charge in [0, 0.05) is 12.7 Å². The number of nitrogens with one attached hydrogen (secondary N) is 1. The van der Waals surface area contributed by atoms with Gasteiger partial charge in [-0.25, -0.2) is 4.79 Å². The molecule has 0 aliphatic carbocycles. The maximum Gasteiger partial charge on any atom is 0.410 e. The largest absolute Gasteiger partial charge is 0.445 e. The van der Waals surface area contributed by atoms with Crippen LogP contribution in [0.3, 0.4) is 0 Å². The molecule has 0 heterocycles. The lowest BCUT2D eigenvalue weighted by Crippen LogP contribution is -2.35. The van der Waals surface area contributed by atoms with E-state index in [1.54, 1.807) is 24.3 Å². The molecule has 0 aliphatic heterocycles. The van der Waals surface area contributed by atoms with Crippen LogP contribution in [0.4, 0.5) is 21.9 Å². The smallest absolute Gasteiger partial charge is 0.410 e. The number of hydrogen-bond donors (Lipinski definition) is 1. The van der Waals surface area contributed by atoms with Crippen LogP contribution in [0.15, 0.2) is 95.2 Å². The monoisotopic (exact) mass is 402 g/mol. The second kappa shape index (κ2) is 10.5. The van der Waals surface area contributed by atoms with Crippen LogP contribution in [-0.4, -0.2) is 30.5 Å². The van der Waals surface area contributed by atoms with E-state index in [4.69, 9.17) is 4.74 Å². The molecule has 7 nitrogen and oxygen atoms in total. The van der Waals surface area contributed by atoms with Gasteiger partial charge in [-0.15, -0.1) is 0 Å². The first-order chi connectivity index (χ1) is 14.6. The number of likely N-dealkylation sites (N-methyl/N-ethyl adjacent to an activating group) is 1. The fourth-order valence-electron chi connectivity index (χ4n) is 2.53. The van der Waals surface area contributed by atoms with Gasteiger partial charge in [-0.3, -0.25) is 4.79 Å². The number of carbonyl (C=O) groups excluding carboxylic acids is 2. The Morgan fingerprint density at radius 2 is 1.40 bits per heavy atom. The number of nitrogens with zero attached hydrogens (tertiary/aromatic N) is 3. The van der Waals surface area contributed by atoms with E-state index in [-0.39, 0.29) is 19.1 Å². The summed E-state index contributed by atoms with van der Waals surface area (Å²) in [5, 5.41) is 11.0. The Morgan fingerprint density at radius 3 is 2.03 bits per heavy atom. The third-order valence-electron chi connectivity index (χ3n) is 4.09. The molecule has 152 valence electrons. The minimum Gasteiger partial charge on any atom is -0.445 e. The van der Waals surface area contributed by atoms with Crippen molar-refractivity contribution in [2.45, 2.75) is 6.61 Å². The Hall–Kier alpha value is -4.00. The number of benzene rings is 3. The van der Waals surface area contributed by atoms with Crippen LogP contribution in [0.2, 0.25) is 0 Å². The molecule has 0 aromatic heterocycles. The summed E-state index contributed by atoms with van der Waals surface area (Å²) >= 11 is 0. The van der Waals surface area contributed by atoms with Crippen LogP contribution in [0.5, 0.6) is 0 Å². The van der Waals surface area contributed by atoms with Crippen molar-refractivity contribution < 1.29 is 14.3 Å². The van der Waals surface area contributed by atoms with Crippen molar-refractivity contribution in [3.63, 3.8) is 0 Å². The van der Waals surface area contributed by atoms with E-state index in [0.717, 1.165) is 11.3 Å². The minimum absolute atomic E-state index is 0.122. The summed E-state index contributed by atoms with van der Waals surface area (Å²) in [5.41, 5.74) is 2.91. The number of anilines is 1. The van der Waals surface area contributed by atoms with Gasteiger partial charge in [0.05, 0.1) is 11.4 Å². The Bertz CT molecular complexity index is 990. The van der Waals surface area contributed by atoms with Crippen molar-refractivity contribution in [1.29, 1.82) is 0 Å². The van der Waals surface area contributed by atoms with E-state index in [1.807, 2.05) is 60.7 Å². The van der Waals surface area contributed by atoms with Gasteiger partial charge in [0.1, 0.15) is 13.2 Å². The van der Waals surface area contributed by atoms with Crippen LogP contribution in [0, 0.1) is 0 Å². The Morgan fingerprint density at radius 1 is 0.833 bits per heavy atom. The van der Waals surface area contributed by atoms with Gasteiger partial charge in [0.15, 0.2) is 0 Å². The first-order valence-electron chi connectivity index (χ1n) is 9.39. The lowest BCUT2D eigenvalue weighted by atomic mass is 10.2. The third-order valence-corrected chi connectivity index (χ3v) is 4.09. The predicted octanol–water partition coefficient (Wildman–Crippen LogP) is 5.31. The second-order valence-corrected chi connectivity index (χ2v) is 6.53. The normalized spacial score (nSPS) is 10.6. The maximum atomic E-state index is 12.2. The Kier molecular flexibility index (Phi) is 7.27. The molecule has 1 N–H and O–H groups in total. The quantitative estimate of drug-likeness (QED) is 0.544. The van der Waals surface area contributed by atoms with Gasteiger partial charge in [-0.2, -0.15) is 10.2 Å². The molecular weight excluding hydrogens is 380 g/mol. The topological polar surface area (TPSA) is 83.4 Å². The zero-order valence-corrected chi connectivity index (χ0v) is 16.6. The molecule has 3 aromatic rings. The predicted molar refractivity (Wildman–Crippen MR) is 115 cm³/mol. The van der Waals surface area contributed by atoms with E-state index >= 15 is 0 Å². The SMILES string of the molecule is CN(CC(=O)Nc1ccc(N=Nc2ccccc2)cc1)C(=O)OCc1ccccc1. The highest BCUT2D eigenvalue weighted by molar-refractivity contribution is 5.93. The molecule has 0 saturated heterocycles. The summed E-state index contributed by atoms with van der Waals surface area (Å²) in [4.78, 5) is 25.5. The van der Waals surface area contributed by atoms with Crippen molar-refractivity contribution in [2.75, 3.05) is 18.9 Å². The highest BCUT2D eigenvalue weighted by Crippen LogP contribution is 2.20. The van der Waals surface area contributed by atoms with Crippen molar-refractivity contribution in [3.8, 4) is 0 Å². The zero-order chi connectivity index (χ0) is 21.2. The first kappa shape index (κ1) is 20.7. The van der Waals surface area contributed by atoms with Crippen LogP contribution < -0.4 is 5.32 Å².